The molecule has 1 heterocycles. The third-order valence-electron chi connectivity index (χ3n) is 2.86. The number of aliphatic imine (C=N–C) groups is 1. The van der Waals surface area contributed by atoms with Crippen LogP contribution in [0, 0.1) is 5.41 Å². The lowest BCUT2D eigenvalue weighted by Gasteiger charge is -2.27. The summed E-state index contributed by atoms with van der Waals surface area (Å²) in [4.78, 5) is 4.63. The molecule has 0 spiro atoms. The maximum Gasteiger partial charge on any atom is 0.200 e. The molecule has 0 aliphatic carbocycles. The summed E-state index contributed by atoms with van der Waals surface area (Å²) in [5, 5.41) is 0. The number of ether oxygens (including phenoxy) is 1. The van der Waals surface area contributed by atoms with Crippen molar-refractivity contribution in [2.45, 2.75) is 40.5 Å². The van der Waals surface area contributed by atoms with E-state index in [9.17, 15) is 0 Å². The van der Waals surface area contributed by atoms with E-state index in [2.05, 4.69) is 44.8 Å². The highest BCUT2D eigenvalue weighted by Crippen LogP contribution is 2.36. The lowest BCUT2D eigenvalue weighted by Crippen LogP contribution is -2.24. The minimum atomic E-state index is -0.0706. The average Bonchev–Trinajstić information content (AvgIpc) is 2.34. The van der Waals surface area contributed by atoms with Gasteiger partial charge in [-0.15, -0.1) is 0 Å². The summed E-state index contributed by atoms with van der Waals surface area (Å²) in [6, 6.07) is 8.16. The number of benzene rings is 1. The van der Waals surface area contributed by atoms with Gasteiger partial charge >= 0.3 is 0 Å². The van der Waals surface area contributed by atoms with Gasteiger partial charge in [0, 0.05) is 11.0 Å². The Bertz CT molecular complexity index is 492. The van der Waals surface area contributed by atoms with E-state index in [1.165, 1.54) is 0 Å². The smallest absolute Gasteiger partial charge is 0.200 e. The largest absolute Gasteiger partial charge is 0.442 e. The Morgan fingerprint density at radius 1 is 1.22 bits per heavy atom. The molecule has 2 nitrogen and oxygen atoms in total. The van der Waals surface area contributed by atoms with Gasteiger partial charge in [0.25, 0.3) is 0 Å². The molecule has 0 saturated heterocycles. The van der Waals surface area contributed by atoms with E-state index in [-0.39, 0.29) is 5.41 Å². The van der Waals surface area contributed by atoms with Crippen molar-refractivity contribution in [2.24, 2.45) is 10.4 Å². The van der Waals surface area contributed by atoms with Crippen LogP contribution in [0.2, 0.25) is 0 Å². The molecule has 1 aliphatic rings. The molecule has 1 aromatic carbocycles. The van der Waals surface area contributed by atoms with E-state index in [0.717, 1.165) is 35.7 Å². The number of allylic oxidation sites excluding steroid dienone is 1. The molecule has 0 atom stereocenters. The van der Waals surface area contributed by atoms with Crippen LogP contribution in [0.25, 0.3) is 5.76 Å². The zero-order valence-electron chi connectivity index (χ0n) is 11.7. The van der Waals surface area contributed by atoms with Crippen molar-refractivity contribution < 1.29 is 4.74 Å². The third kappa shape index (κ3) is 2.63. The SMILES string of the molecule is CCC/C=C1/OC(C(C)(C)C)=Nc2ccccc21. The number of unbranched alkanes of at least 4 members (excludes halogenated alkanes) is 1. The molecule has 1 aromatic rings. The minimum absolute atomic E-state index is 0.0706. The van der Waals surface area contributed by atoms with Gasteiger partial charge in [-0.05, 0) is 24.6 Å². The monoisotopic (exact) mass is 243 g/mol. The number of para-hydroxylation sites is 1. The van der Waals surface area contributed by atoms with E-state index < -0.39 is 0 Å². The first-order valence-corrected chi connectivity index (χ1v) is 6.59. The molecule has 0 amide bonds. The zero-order valence-corrected chi connectivity index (χ0v) is 11.7. The molecule has 96 valence electrons. The lowest BCUT2D eigenvalue weighted by molar-refractivity contribution is 0.401. The molecule has 0 bridgehead atoms. The Labute approximate surface area is 109 Å². The molecular weight excluding hydrogens is 222 g/mol. The second-order valence-electron chi connectivity index (χ2n) is 5.64. The van der Waals surface area contributed by atoms with E-state index in [0.29, 0.717) is 0 Å². The fourth-order valence-electron chi connectivity index (χ4n) is 1.82. The fourth-order valence-corrected chi connectivity index (χ4v) is 1.82. The predicted molar refractivity (Wildman–Crippen MR) is 77.0 cm³/mol. The highest BCUT2D eigenvalue weighted by atomic mass is 16.5. The van der Waals surface area contributed by atoms with Crippen LogP contribution in [-0.4, -0.2) is 5.90 Å². The van der Waals surface area contributed by atoms with Crippen molar-refractivity contribution >= 4 is 17.3 Å². The van der Waals surface area contributed by atoms with Crippen molar-refractivity contribution in [1.29, 1.82) is 0 Å². The molecule has 0 saturated carbocycles. The Kier molecular flexibility index (Phi) is 3.55. The molecule has 2 heteroatoms. The van der Waals surface area contributed by atoms with Gasteiger partial charge in [-0.2, -0.15) is 0 Å². The minimum Gasteiger partial charge on any atom is -0.442 e. The van der Waals surface area contributed by atoms with Gasteiger partial charge in [0.15, 0.2) is 0 Å². The molecule has 0 unspecified atom stereocenters. The van der Waals surface area contributed by atoms with Crippen LogP contribution in [0.5, 0.6) is 0 Å². The summed E-state index contributed by atoms with van der Waals surface area (Å²) in [5.41, 5.74) is 2.04. The van der Waals surface area contributed by atoms with Crippen molar-refractivity contribution in [3.05, 3.63) is 35.9 Å². The molecule has 0 fully saturated rings. The fraction of sp³-hybridized carbons (Fsp3) is 0.438. The summed E-state index contributed by atoms with van der Waals surface area (Å²) in [5.74, 6) is 1.75. The summed E-state index contributed by atoms with van der Waals surface area (Å²) < 4.78 is 5.99. The van der Waals surface area contributed by atoms with Crippen LogP contribution in [0.3, 0.4) is 0 Å². The highest BCUT2D eigenvalue weighted by molar-refractivity contribution is 5.94. The van der Waals surface area contributed by atoms with E-state index in [1.807, 2.05) is 18.2 Å². The van der Waals surface area contributed by atoms with Crippen LogP contribution in [0.1, 0.15) is 46.1 Å². The lowest BCUT2D eigenvalue weighted by atomic mass is 9.95. The van der Waals surface area contributed by atoms with E-state index in [1.54, 1.807) is 0 Å². The Morgan fingerprint density at radius 3 is 2.61 bits per heavy atom. The molecule has 0 N–H and O–H groups in total. The van der Waals surface area contributed by atoms with Gasteiger partial charge in [0.1, 0.15) is 5.76 Å². The molecule has 0 radical (unpaired) electrons. The van der Waals surface area contributed by atoms with Crippen LogP contribution in [-0.2, 0) is 4.74 Å². The molecule has 18 heavy (non-hydrogen) atoms. The van der Waals surface area contributed by atoms with Crippen molar-refractivity contribution in [1.82, 2.24) is 0 Å². The summed E-state index contributed by atoms with van der Waals surface area (Å²) in [6.07, 6.45) is 4.32. The Hall–Kier alpha value is -1.57. The first-order valence-electron chi connectivity index (χ1n) is 6.59. The standard InChI is InChI=1S/C16H21NO/c1-5-6-11-14-12-9-7-8-10-13(12)17-15(18-14)16(2,3)4/h7-11H,5-6H2,1-4H3/b14-11+. The topological polar surface area (TPSA) is 21.6 Å². The van der Waals surface area contributed by atoms with Crippen LogP contribution in [0.15, 0.2) is 35.3 Å². The van der Waals surface area contributed by atoms with Crippen LogP contribution in [0.4, 0.5) is 5.69 Å². The molecule has 1 aliphatic heterocycles. The van der Waals surface area contributed by atoms with Crippen molar-refractivity contribution in [3.63, 3.8) is 0 Å². The second-order valence-corrected chi connectivity index (χ2v) is 5.64. The summed E-state index contributed by atoms with van der Waals surface area (Å²) >= 11 is 0. The van der Waals surface area contributed by atoms with E-state index >= 15 is 0 Å². The first-order chi connectivity index (χ1) is 8.52. The van der Waals surface area contributed by atoms with Gasteiger partial charge in [0.2, 0.25) is 5.90 Å². The third-order valence-corrected chi connectivity index (χ3v) is 2.86. The van der Waals surface area contributed by atoms with Crippen LogP contribution >= 0.6 is 0 Å². The Morgan fingerprint density at radius 2 is 1.94 bits per heavy atom. The van der Waals surface area contributed by atoms with Crippen molar-refractivity contribution in [3.8, 4) is 0 Å². The number of nitrogens with zero attached hydrogens (tertiary/aromatic N) is 1. The van der Waals surface area contributed by atoms with Gasteiger partial charge in [0.05, 0.1) is 5.69 Å². The highest BCUT2D eigenvalue weighted by Gasteiger charge is 2.27. The Balaban J connectivity index is 2.46. The maximum absolute atomic E-state index is 5.99. The first kappa shape index (κ1) is 12.9. The number of hydrogen-bond acceptors (Lipinski definition) is 2. The van der Waals surface area contributed by atoms with E-state index in [4.69, 9.17) is 4.74 Å². The molecule has 0 aromatic heterocycles. The molecule has 2 rings (SSSR count). The molecular formula is C16H21NO. The van der Waals surface area contributed by atoms with Crippen molar-refractivity contribution in [2.75, 3.05) is 0 Å². The van der Waals surface area contributed by atoms with Gasteiger partial charge < -0.3 is 4.74 Å². The maximum atomic E-state index is 5.99. The summed E-state index contributed by atoms with van der Waals surface area (Å²) in [7, 11) is 0. The predicted octanol–water partition coefficient (Wildman–Crippen LogP) is 4.93. The zero-order chi connectivity index (χ0) is 13.2. The van der Waals surface area contributed by atoms with Gasteiger partial charge in [-0.1, -0.05) is 46.2 Å². The average molecular weight is 243 g/mol. The normalized spacial score (nSPS) is 17.1. The number of fused-ring (bicyclic) bond motifs is 1. The number of hydrogen-bond donors (Lipinski definition) is 0. The second kappa shape index (κ2) is 4.97. The van der Waals surface area contributed by atoms with Gasteiger partial charge in [-0.3, -0.25) is 0 Å². The summed E-state index contributed by atoms with van der Waals surface area (Å²) in [6.45, 7) is 8.54. The quantitative estimate of drug-likeness (QED) is 0.721. The van der Waals surface area contributed by atoms with Gasteiger partial charge in [-0.25, -0.2) is 4.99 Å². The van der Waals surface area contributed by atoms with Crippen LogP contribution < -0.4 is 0 Å². The number of rotatable bonds is 2.